The molecule has 0 amide bonds. The fourth-order valence-corrected chi connectivity index (χ4v) is 5.59. The van der Waals surface area contributed by atoms with Crippen molar-refractivity contribution >= 4 is 0 Å². The Labute approximate surface area is 91.8 Å². The van der Waals surface area contributed by atoms with Gasteiger partial charge in [-0.2, -0.15) is 0 Å². The predicted octanol–water partition coefficient (Wildman–Crippen LogP) is 1.49. The second-order valence-corrected chi connectivity index (χ2v) is 6.57. The van der Waals surface area contributed by atoms with Gasteiger partial charge in [0.05, 0.1) is 0 Å². The quantitative estimate of drug-likeness (QED) is 0.631. The van der Waals surface area contributed by atoms with Gasteiger partial charge in [-0.1, -0.05) is 0 Å². The van der Waals surface area contributed by atoms with Gasteiger partial charge in [0.1, 0.15) is 0 Å². The van der Waals surface area contributed by atoms with Gasteiger partial charge < -0.3 is 11.5 Å². The second kappa shape index (κ2) is 2.60. The Morgan fingerprint density at radius 3 is 1.53 bits per heavy atom. The van der Waals surface area contributed by atoms with Crippen molar-refractivity contribution in [2.75, 3.05) is 0 Å². The van der Waals surface area contributed by atoms with Crippen LogP contribution in [0.4, 0.5) is 0 Å². The highest BCUT2D eigenvalue weighted by atomic mass is 14.9. The normalized spacial score (nSPS) is 66.0. The molecule has 4 saturated carbocycles. The van der Waals surface area contributed by atoms with Crippen LogP contribution in [0.15, 0.2) is 0 Å². The van der Waals surface area contributed by atoms with Crippen molar-refractivity contribution in [3.05, 3.63) is 0 Å². The summed E-state index contributed by atoms with van der Waals surface area (Å²) in [5.74, 6) is 4.17. The van der Waals surface area contributed by atoms with Gasteiger partial charge in [0.15, 0.2) is 0 Å². The molecule has 0 bridgehead atoms. The Hall–Kier alpha value is -0.0800. The molecule has 4 rings (SSSR count). The van der Waals surface area contributed by atoms with Gasteiger partial charge in [-0.3, -0.25) is 0 Å². The summed E-state index contributed by atoms with van der Waals surface area (Å²) >= 11 is 0. The fourth-order valence-electron chi connectivity index (χ4n) is 5.59. The SMILES string of the molecule is NC1CCC2C(C1)C21C2CCC(N)CC21. The average molecular weight is 206 g/mol. The van der Waals surface area contributed by atoms with E-state index >= 15 is 0 Å². The van der Waals surface area contributed by atoms with Crippen molar-refractivity contribution in [2.45, 2.75) is 50.6 Å². The van der Waals surface area contributed by atoms with Gasteiger partial charge in [0.2, 0.25) is 0 Å². The lowest BCUT2D eigenvalue weighted by Crippen LogP contribution is -2.23. The lowest BCUT2D eigenvalue weighted by atomic mass is 9.97. The van der Waals surface area contributed by atoms with Gasteiger partial charge in [0.25, 0.3) is 0 Å². The van der Waals surface area contributed by atoms with Gasteiger partial charge >= 0.3 is 0 Å². The van der Waals surface area contributed by atoms with Crippen molar-refractivity contribution in [2.24, 2.45) is 40.6 Å². The Morgan fingerprint density at radius 2 is 1.13 bits per heavy atom. The average Bonchev–Trinajstić information content (AvgIpc) is 3.05. The van der Waals surface area contributed by atoms with Crippen LogP contribution in [0.25, 0.3) is 0 Å². The molecule has 6 unspecified atom stereocenters. The highest BCUT2D eigenvalue weighted by Crippen LogP contribution is 2.87. The molecule has 4 aliphatic carbocycles. The lowest BCUT2D eigenvalue weighted by molar-refractivity contribution is 0.421. The molecule has 15 heavy (non-hydrogen) atoms. The topological polar surface area (TPSA) is 52.0 Å². The molecular formula is C13H22N2. The third kappa shape index (κ3) is 0.938. The minimum atomic E-state index is 0.516. The zero-order valence-corrected chi connectivity index (χ0v) is 9.36. The molecule has 1 spiro atoms. The first-order valence-electron chi connectivity index (χ1n) is 6.75. The van der Waals surface area contributed by atoms with Crippen molar-refractivity contribution < 1.29 is 0 Å². The first kappa shape index (κ1) is 9.00. The highest BCUT2D eigenvalue weighted by molar-refractivity contribution is 5.31. The largest absolute Gasteiger partial charge is 0.328 e. The van der Waals surface area contributed by atoms with Gasteiger partial charge in [-0.05, 0) is 67.6 Å². The highest BCUT2D eigenvalue weighted by Gasteiger charge is 2.83. The number of rotatable bonds is 0. The van der Waals surface area contributed by atoms with E-state index in [1.165, 1.54) is 38.5 Å². The second-order valence-electron chi connectivity index (χ2n) is 6.57. The summed E-state index contributed by atoms with van der Waals surface area (Å²) < 4.78 is 0. The molecule has 2 heteroatoms. The number of fused-ring (bicyclic) bond motifs is 6. The van der Waals surface area contributed by atoms with E-state index in [0.717, 1.165) is 29.1 Å². The van der Waals surface area contributed by atoms with Crippen LogP contribution in [0.5, 0.6) is 0 Å². The molecule has 0 aromatic rings. The molecule has 4 N–H and O–H groups in total. The van der Waals surface area contributed by atoms with Crippen molar-refractivity contribution in [1.29, 1.82) is 0 Å². The Balaban J connectivity index is 1.56. The molecule has 0 aromatic heterocycles. The minimum absolute atomic E-state index is 0.516. The molecule has 2 nitrogen and oxygen atoms in total. The smallest absolute Gasteiger partial charge is 0.00418 e. The molecule has 0 aliphatic heterocycles. The minimum Gasteiger partial charge on any atom is -0.328 e. The summed E-state index contributed by atoms with van der Waals surface area (Å²) in [6.07, 6.45) is 8.07. The zero-order valence-electron chi connectivity index (χ0n) is 9.36. The molecule has 0 aromatic carbocycles. The Morgan fingerprint density at radius 1 is 0.667 bits per heavy atom. The Kier molecular flexibility index (Phi) is 1.56. The van der Waals surface area contributed by atoms with Crippen LogP contribution >= 0.6 is 0 Å². The third-order valence-electron chi connectivity index (χ3n) is 6.13. The summed E-state index contributed by atoms with van der Waals surface area (Å²) in [6, 6.07) is 1.03. The van der Waals surface area contributed by atoms with Crippen LogP contribution in [0.1, 0.15) is 38.5 Å². The van der Waals surface area contributed by atoms with E-state index in [1.807, 2.05) is 0 Å². The van der Waals surface area contributed by atoms with E-state index in [0.29, 0.717) is 12.1 Å². The van der Waals surface area contributed by atoms with E-state index in [-0.39, 0.29) is 0 Å². The van der Waals surface area contributed by atoms with Gasteiger partial charge in [0, 0.05) is 12.1 Å². The van der Waals surface area contributed by atoms with Gasteiger partial charge in [-0.15, -0.1) is 0 Å². The summed E-state index contributed by atoms with van der Waals surface area (Å²) in [5.41, 5.74) is 13.0. The first-order chi connectivity index (χ1) is 7.24. The molecule has 6 atom stereocenters. The molecule has 84 valence electrons. The van der Waals surface area contributed by atoms with E-state index < -0.39 is 0 Å². The number of nitrogens with two attached hydrogens (primary N) is 2. The van der Waals surface area contributed by atoms with Crippen LogP contribution in [-0.2, 0) is 0 Å². The maximum absolute atomic E-state index is 6.09. The monoisotopic (exact) mass is 206 g/mol. The maximum Gasteiger partial charge on any atom is 0.00418 e. The molecule has 4 fully saturated rings. The standard InChI is InChI=1S/C13H22N2/c14-7-1-3-9-11(5-7)13(9)10-4-2-8(15)6-12(10)13/h7-12H,1-6,14-15H2. The number of hydrogen-bond donors (Lipinski definition) is 2. The van der Waals surface area contributed by atoms with Crippen LogP contribution in [-0.4, -0.2) is 12.1 Å². The van der Waals surface area contributed by atoms with E-state index in [2.05, 4.69) is 0 Å². The fraction of sp³-hybridized carbons (Fsp3) is 1.00. The van der Waals surface area contributed by atoms with E-state index in [9.17, 15) is 0 Å². The van der Waals surface area contributed by atoms with E-state index in [1.54, 1.807) is 0 Å². The summed E-state index contributed by atoms with van der Waals surface area (Å²) in [7, 11) is 0. The molecule has 4 aliphatic rings. The van der Waals surface area contributed by atoms with Crippen LogP contribution in [0, 0.1) is 29.1 Å². The van der Waals surface area contributed by atoms with Crippen molar-refractivity contribution in [1.82, 2.24) is 0 Å². The van der Waals surface area contributed by atoms with Crippen molar-refractivity contribution in [3.8, 4) is 0 Å². The van der Waals surface area contributed by atoms with Crippen LogP contribution in [0.3, 0.4) is 0 Å². The van der Waals surface area contributed by atoms with E-state index in [4.69, 9.17) is 11.5 Å². The zero-order chi connectivity index (χ0) is 10.2. The third-order valence-corrected chi connectivity index (χ3v) is 6.13. The van der Waals surface area contributed by atoms with Crippen LogP contribution < -0.4 is 11.5 Å². The van der Waals surface area contributed by atoms with Crippen molar-refractivity contribution in [3.63, 3.8) is 0 Å². The molecule has 0 saturated heterocycles. The Bertz CT molecular complexity index is 271. The lowest BCUT2D eigenvalue weighted by Gasteiger charge is -2.15. The molecule has 0 radical (unpaired) electrons. The summed E-state index contributed by atoms with van der Waals surface area (Å²) in [4.78, 5) is 0. The van der Waals surface area contributed by atoms with Crippen LogP contribution in [0.2, 0.25) is 0 Å². The predicted molar refractivity (Wildman–Crippen MR) is 60.0 cm³/mol. The number of hydrogen-bond acceptors (Lipinski definition) is 2. The molecule has 0 heterocycles. The molecular weight excluding hydrogens is 184 g/mol. The van der Waals surface area contributed by atoms with Gasteiger partial charge in [-0.25, -0.2) is 0 Å². The first-order valence-corrected chi connectivity index (χ1v) is 6.75. The maximum atomic E-state index is 6.09. The summed E-state index contributed by atoms with van der Waals surface area (Å²) in [5, 5.41) is 0. The summed E-state index contributed by atoms with van der Waals surface area (Å²) in [6.45, 7) is 0.